The van der Waals surface area contributed by atoms with E-state index in [2.05, 4.69) is 0 Å². The molecule has 0 rings (SSSR count). The Morgan fingerprint density at radius 2 is 0.500 bits per heavy atom. The van der Waals surface area contributed by atoms with Gasteiger partial charge in [0, 0.05) is 19.5 Å². The summed E-state index contributed by atoms with van der Waals surface area (Å²) in [5.41, 5.74) is 0. The zero-order valence-corrected chi connectivity index (χ0v) is 8.46. The van der Waals surface area contributed by atoms with Gasteiger partial charge >= 0.3 is 0 Å². The predicted molar refractivity (Wildman–Crippen MR) is 31.0 cm³/mol. The minimum Gasteiger partial charge on any atom is -0.114 e. The van der Waals surface area contributed by atoms with E-state index >= 15 is 0 Å². The van der Waals surface area contributed by atoms with Crippen LogP contribution in [0.5, 0.6) is 0 Å². The summed E-state index contributed by atoms with van der Waals surface area (Å²) >= 11 is 0. The van der Waals surface area contributed by atoms with Crippen molar-refractivity contribution in [3.05, 3.63) is 0 Å². The van der Waals surface area contributed by atoms with Gasteiger partial charge in [0.25, 0.3) is 0 Å². The molecule has 0 atom stereocenters. The summed E-state index contributed by atoms with van der Waals surface area (Å²) in [6.45, 7) is 0. The van der Waals surface area contributed by atoms with E-state index in [0.717, 1.165) is 0 Å². The monoisotopic (exact) mass is 342 g/mol. The van der Waals surface area contributed by atoms with Gasteiger partial charge < -0.3 is 0 Å². The zero-order chi connectivity index (χ0) is 0. The third kappa shape index (κ3) is 8.96. The van der Waals surface area contributed by atoms with Crippen LogP contribution in [-0.4, -0.2) is 0 Å². The van der Waals surface area contributed by atoms with Crippen LogP contribution in [0.4, 0.5) is 0 Å². The largest absolute Gasteiger partial charge is 0.114 e. The quantitative estimate of drug-likeness (QED) is 0.588. The summed E-state index contributed by atoms with van der Waals surface area (Å²) in [6, 6.07) is 0. The number of hydrogen-bond donors (Lipinski definition) is 0. The minimum atomic E-state index is 0. The van der Waals surface area contributed by atoms with Crippen molar-refractivity contribution in [2.24, 2.45) is 0 Å². The molecule has 0 bridgehead atoms. The van der Waals surface area contributed by atoms with Crippen molar-refractivity contribution < 1.29 is 19.5 Å². The van der Waals surface area contributed by atoms with Gasteiger partial charge in [-0.25, -0.2) is 0 Å². The maximum Gasteiger partial charge on any atom is 0 e. The SMILES string of the molecule is Br.Br.Br.[Ru]. The van der Waals surface area contributed by atoms with Crippen molar-refractivity contribution >= 4 is 50.9 Å². The molecule has 4 heavy (non-hydrogen) atoms. The van der Waals surface area contributed by atoms with Crippen molar-refractivity contribution in [1.29, 1.82) is 0 Å². The standard InChI is InChI=1S/3BrH.Ru/h3*1H;. The fourth-order valence-electron chi connectivity index (χ4n) is 0. The van der Waals surface area contributed by atoms with Crippen LogP contribution < -0.4 is 0 Å². The van der Waals surface area contributed by atoms with Crippen molar-refractivity contribution in [2.75, 3.05) is 0 Å². The second-order valence-electron chi connectivity index (χ2n) is 0. The van der Waals surface area contributed by atoms with Gasteiger partial charge in [0.2, 0.25) is 0 Å². The average molecular weight is 344 g/mol. The van der Waals surface area contributed by atoms with Gasteiger partial charge in [0.15, 0.2) is 0 Å². The fourth-order valence-corrected chi connectivity index (χ4v) is 0. The van der Waals surface area contributed by atoms with E-state index in [1.165, 1.54) is 0 Å². The van der Waals surface area contributed by atoms with E-state index in [1.54, 1.807) is 0 Å². The first kappa shape index (κ1) is 36.5. The first-order chi connectivity index (χ1) is 0. The molecule has 0 aromatic carbocycles. The topological polar surface area (TPSA) is 0 Å². The molecule has 0 N–H and O–H groups in total. The molecule has 0 aromatic heterocycles. The van der Waals surface area contributed by atoms with Gasteiger partial charge in [-0.3, -0.25) is 0 Å². The third-order valence-electron chi connectivity index (χ3n) is 0. The summed E-state index contributed by atoms with van der Waals surface area (Å²) in [7, 11) is 0. The van der Waals surface area contributed by atoms with Gasteiger partial charge in [-0.05, 0) is 0 Å². The molecule has 0 fully saturated rings. The maximum absolute atomic E-state index is 0. The smallest absolute Gasteiger partial charge is 0 e. The normalized spacial score (nSPS) is 0. The van der Waals surface area contributed by atoms with Crippen molar-refractivity contribution in [3.63, 3.8) is 0 Å². The molecule has 0 aliphatic rings. The van der Waals surface area contributed by atoms with E-state index in [-0.39, 0.29) is 70.4 Å². The summed E-state index contributed by atoms with van der Waals surface area (Å²) in [5.74, 6) is 0. The van der Waals surface area contributed by atoms with Crippen LogP contribution in [0.2, 0.25) is 0 Å². The van der Waals surface area contributed by atoms with Gasteiger partial charge in [-0.1, -0.05) is 0 Å². The average Bonchev–Trinajstić information content (AvgIpc) is 0. The molecule has 0 aliphatic carbocycles. The van der Waals surface area contributed by atoms with Gasteiger partial charge in [0.1, 0.15) is 0 Å². The molecule has 0 saturated carbocycles. The zero-order valence-electron chi connectivity index (χ0n) is 1.58. The molecule has 0 saturated heterocycles. The number of rotatable bonds is 0. The molecule has 0 nitrogen and oxygen atoms in total. The molecule has 4 heteroatoms. The molecule has 0 aliphatic heterocycles. The first-order valence-corrected chi connectivity index (χ1v) is 0. The van der Waals surface area contributed by atoms with Gasteiger partial charge in [-0.15, -0.1) is 50.9 Å². The second-order valence-corrected chi connectivity index (χ2v) is 0. The van der Waals surface area contributed by atoms with Crippen LogP contribution in [0.3, 0.4) is 0 Å². The van der Waals surface area contributed by atoms with E-state index in [1.807, 2.05) is 0 Å². The van der Waals surface area contributed by atoms with Crippen LogP contribution in [0.1, 0.15) is 0 Å². The van der Waals surface area contributed by atoms with Gasteiger partial charge in [-0.2, -0.15) is 0 Å². The second kappa shape index (κ2) is 19.6. The molecule has 0 unspecified atom stereocenters. The molecule has 0 radical (unpaired) electrons. The third-order valence-corrected chi connectivity index (χ3v) is 0. The van der Waals surface area contributed by atoms with Crippen molar-refractivity contribution in [3.8, 4) is 0 Å². The van der Waals surface area contributed by atoms with E-state index in [9.17, 15) is 0 Å². The molecular weight excluding hydrogens is 341 g/mol. The molecule has 32 valence electrons. The summed E-state index contributed by atoms with van der Waals surface area (Å²) in [6.07, 6.45) is 0. The van der Waals surface area contributed by atoms with Crippen LogP contribution in [0.25, 0.3) is 0 Å². The maximum atomic E-state index is 0. The van der Waals surface area contributed by atoms with E-state index in [4.69, 9.17) is 0 Å². The van der Waals surface area contributed by atoms with Crippen LogP contribution in [0, 0.1) is 0 Å². The van der Waals surface area contributed by atoms with Gasteiger partial charge in [0.05, 0.1) is 0 Å². The van der Waals surface area contributed by atoms with E-state index in [0.29, 0.717) is 0 Å². The molecule has 0 aromatic rings. The Kier molecular flexibility index (Phi) is 179. The Morgan fingerprint density at radius 3 is 0.500 bits per heavy atom. The van der Waals surface area contributed by atoms with Crippen LogP contribution in [0.15, 0.2) is 0 Å². The Morgan fingerprint density at radius 1 is 0.500 bits per heavy atom. The predicted octanol–water partition coefficient (Wildman–Crippen LogP) is 1.73. The molecular formula is H3Br3Ru. The number of halogens is 3. The Bertz CT molecular complexity index is 3.25. The summed E-state index contributed by atoms with van der Waals surface area (Å²) in [5, 5.41) is 0. The van der Waals surface area contributed by atoms with Crippen LogP contribution >= 0.6 is 50.9 Å². The molecule has 0 heterocycles. The summed E-state index contributed by atoms with van der Waals surface area (Å²) < 4.78 is 0. The van der Waals surface area contributed by atoms with Crippen LogP contribution in [-0.2, 0) is 19.5 Å². The van der Waals surface area contributed by atoms with E-state index < -0.39 is 0 Å². The Labute approximate surface area is 69.8 Å². The Balaban J connectivity index is 0. The Hall–Kier alpha value is 2.06. The fraction of sp³-hybridized carbons (Fsp3) is 0. The first-order valence-electron chi connectivity index (χ1n) is 0. The van der Waals surface area contributed by atoms with Crippen molar-refractivity contribution in [2.45, 2.75) is 0 Å². The summed E-state index contributed by atoms with van der Waals surface area (Å²) in [4.78, 5) is 0. The number of hydrogen-bond acceptors (Lipinski definition) is 0. The molecule has 0 spiro atoms. The minimum absolute atomic E-state index is 0. The van der Waals surface area contributed by atoms with Crippen molar-refractivity contribution in [1.82, 2.24) is 0 Å². The molecule has 0 amide bonds.